The highest BCUT2D eigenvalue weighted by atomic mass is 16.5. The SMILES string of the molecule is c1ccc2c(c1)NCCCN2Cc1noc(C2CC2)n1. The molecular formula is C15H18N4O. The molecule has 1 saturated carbocycles. The lowest BCUT2D eigenvalue weighted by atomic mass is 10.2. The van der Waals surface area contributed by atoms with E-state index < -0.39 is 0 Å². The van der Waals surface area contributed by atoms with Gasteiger partial charge in [-0.1, -0.05) is 17.3 Å². The summed E-state index contributed by atoms with van der Waals surface area (Å²) in [5, 5.41) is 7.60. The van der Waals surface area contributed by atoms with Crippen molar-refractivity contribution in [1.82, 2.24) is 10.1 Å². The van der Waals surface area contributed by atoms with Gasteiger partial charge in [-0.3, -0.25) is 0 Å². The molecule has 2 aliphatic rings. The second kappa shape index (κ2) is 4.81. The number of benzene rings is 1. The van der Waals surface area contributed by atoms with Crippen molar-refractivity contribution in [1.29, 1.82) is 0 Å². The number of fused-ring (bicyclic) bond motifs is 1. The molecule has 2 aromatic rings. The molecule has 0 amide bonds. The summed E-state index contributed by atoms with van der Waals surface area (Å²) < 4.78 is 5.35. The van der Waals surface area contributed by atoms with Gasteiger partial charge >= 0.3 is 0 Å². The number of para-hydroxylation sites is 2. The van der Waals surface area contributed by atoms with Crippen LogP contribution in [0.25, 0.3) is 0 Å². The lowest BCUT2D eigenvalue weighted by Crippen LogP contribution is -2.23. The van der Waals surface area contributed by atoms with Gasteiger partial charge in [0.1, 0.15) is 0 Å². The van der Waals surface area contributed by atoms with Crippen molar-refractivity contribution in [2.75, 3.05) is 23.3 Å². The van der Waals surface area contributed by atoms with Gasteiger partial charge in [-0.05, 0) is 31.4 Å². The quantitative estimate of drug-likeness (QED) is 0.929. The molecule has 104 valence electrons. The molecule has 5 nitrogen and oxygen atoms in total. The second-order valence-corrected chi connectivity index (χ2v) is 5.54. The van der Waals surface area contributed by atoms with E-state index in [0.29, 0.717) is 5.92 Å². The molecule has 1 fully saturated rings. The minimum Gasteiger partial charge on any atom is -0.383 e. The first-order valence-electron chi connectivity index (χ1n) is 7.30. The second-order valence-electron chi connectivity index (χ2n) is 5.54. The van der Waals surface area contributed by atoms with E-state index in [9.17, 15) is 0 Å². The Kier molecular flexibility index (Phi) is 2.83. The molecule has 1 aromatic heterocycles. The summed E-state index contributed by atoms with van der Waals surface area (Å²) in [6, 6.07) is 8.41. The van der Waals surface area contributed by atoms with E-state index in [1.165, 1.54) is 24.2 Å². The number of aromatic nitrogens is 2. The molecule has 0 spiro atoms. The van der Waals surface area contributed by atoms with Gasteiger partial charge in [0, 0.05) is 19.0 Å². The molecule has 0 unspecified atom stereocenters. The van der Waals surface area contributed by atoms with E-state index in [4.69, 9.17) is 4.52 Å². The molecule has 2 heterocycles. The fourth-order valence-electron chi connectivity index (χ4n) is 2.68. The van der Waals surface area contributed by atoms with Crippen LogP contribution in [0.15, 0.2) is 28.8 Å². The van der Waals surface area contributed by atoms with Crippen LogP contribution in [-0.2, 0) is 6.54 Å². The Hall–Kier alpha value is -2.04. The predicted octanol–water partition coefficient (Wildman–Crippen LogP) is 2.77. The maximum Gasteiger partial charge on any atom is 0.229 e. The van der Waals surface area contributed by atoms with Crippen LogP contribution < -0.4 is 10.2 Å². The highest BCUT2D eigenvalue weighted by molar-refractivity contribution is 5.70. The Morgan fingerprint density at radius 3 is 3.10 bits per heavy atom. The van der Waals surface area contributed by atoms with Crippen LogP contribution in [-0.4, -0.2) is 23.2 Å². The maximum atomic E-state index is 5.35. The largest absolute Gasteiger partial charge is 0.383 e. The first kappa shape index (κ1) is 11.8. The van der Waals surface area contributed by atoms with Crippen molar-refractivity contribution in [2.24, 2.45) is 0 Å². The summed E-state index contributed by atoms with van der Waals surface area (Å²) >= 11 is 0. The molecule has 0 atom stereocenters. The highest BCUT2D eigenvalue weighted by Crippen LogP contribution is 2.39. The monoisotopic (exact) mass is 270 g/mol. The number of nitrogens with one attached hydrogen (secondary N) is 1. The van der Waals surface area contributed by atoms with Gasteiger partial charge in [0.25, 0.3) is 0 Å². The van der Waals surface area contributed by atoms with Crippen molar-refractivity contribution in [3.05, 3.63) is 36.0 Å². The van der Waals surface area contributed by atoms with Crippen LogP contribution in [0, 0.1) is 0 Å². The van der Waals surface area contributed by atoms with Crippen molar-refractivity contribution < 1.29 is 4.52 Å². The molecule has 1 N–H and O–H groups in total. The zero-order valence-electron chi connectivity index (χ0n) is 11.4. The van der Waals surface area contributed by atoms with Gasteiger partial charge in [0.05, 0.1) is 17.9 Å². The minimum atomic E-state index is 0.523. The molecule has 1 aliphatic heterocycles. The van der Waals surface area contributed by atoms with Crippen molar-refractivity contribution in [3.8, 4) is 0 Å². The molecule has 20 heavy (non-hydrogen) atoms. The fraction of sp³-hybridized carbons (Fsp3) is 0.467. The van der Waals surface area contributed by atoms with E-state index in [2.05, 4.69) is 44.6 Å². The third kappa shape index (κ3) is 2.24. The summed E-state index contributed by atoms with van der Waals surface area (Å²) in [5.74, 6) is 2.14. The van der Waals surface area contributed by atoms with E-state index >= 15 is 0 Å². The third-order valence-corrected chi connectivity index (χ3v) is 3.91. The Morgan fingerprint density at radius 1 is 1.30 bits per heavy atom. The van der Waals surface area contributed by atoms with Gasteiger partial charge in [0.15, 0.2) is 5.82 Å². The van der Waals surface area contributed by atoms with Gasteiger partial charge in [-0.2, -0.15) is 4.98 Å². The normalized spacial score (nSPS) is 18.3. The minimum absolute atomic E-state index is 0.523. The van der Waals surface area contributed by atoms with Crippen molar-refractivity contribution in [3.63, 3.8) is 0 Å². The molecule has 5 heteroatoms. The Morgan fingerprint density at radius 2 is 2.20 bits per heavy atom. The average molecular weight is 270 g/mol. The summed E-state index contributed by atoms with van der Waals surface area (Å²) in [6.45, 7) is 2.74. The first-order chi connectivity index (χ1) is 9.90. The Balaban J connectivity index is 1.57. The van der Waals surface area contributed by atoms with Gasteiger partial charge < -0.3 is 14.7 Å². The molecule has 1 aliphatic carbocycles. The summed E-state index contributed by atoms with van der Waals surface area (Å²) in [4.78, 5) is 6.86. The Bertz CT molecular complexity index is 605. The standard InChI is InChI=1S/C15H18N4O/c1-2-5-13-12(4-1)16-8-3-9-19(13)10-14-17-15(20-18-14)11-6-7-11/h1-2,4-5,11,16H,3,6-10H2. The topological polar surface area (TPSA) is 54.2 Å². The van der Waals surface area contributed by atoms with E-state index in [0.717, 1.165) is 37.8 Å². The van der Waals surface area contributed by atoms with Crippen LogP contribution in [0.2, 0.25) is 0 Å². The van der Waals surface area contributed by atoms with E-state index in [-0.39, 0.29) is 0 Å². The average Bonchev–Trinajstić information content (AvgIpc) is 3.25. The van der Waals surface area contributed by atoms with Gasteiger partial charge in [0.2, 0.25) is 5.89 Å². The van der Waals surface area contributed by atoms with E-state index in [1.54, 1.807) is 0 Å². The number of hydrogen-bond donors (Lipinski definition) is 1. The number of nitrogens with zero attached hydrogens (tertiary/aromatic N) is 3. The van der Waals surface area contributed by atoms with Gasteiger partial charge in [-0.25, -0.2) is 0 Å². The summed E-state index contributed by atoms with van der Waals surface area (Å²) in [7, 11) is 0. The molecular weight excluding hydrogens is 252 g/mol. The molecule has 0 radical (unpaired) electrons. The summed E-state index contributed by atoms with van der Waals surface area (Å²) in [6.07, 6.45) is 3.50. The third-order valence-electron chi connectivity index (χ3n) is 3.91. The van der Waals surface area contributed by atoms with Crippen LogP contribution in [0.3, 0.4) is 0 Å². The number of hydrogen-bond acceptors (Lipinski definition) is 5. The number of rotatable bonds is 3. The lowest BCUT2D eigenvalue weighted by molar-refractivity contribution is 0.373. The van der Waals surface area contributed by atoms with Gasteiger partial charge in [-0.15, -0.1) is 0 Å². The number of anilines is 2. The lowest BCUT2D eigenvalue weighted by Gasteiger charge is -2.22. The fourth-order valence-corrected chi connectivity index (χ4v) is 2.68. The van der Waals surface area contributed by atoms with Crippen LogP contribution >= 0.6 is 0 Å². The zero-order chi connectivity index (χ0) is 13.4. The maximum absolute atomic E-state index is 5.35. The smallest absolute Gasteiger partial charge is 0.229 e. The van der Waals surface area contributed by atoms with Crippen LogP contribution in [0.4, 0.5) is 11.4 Å². The van der Waals surface area contributed by atoms with Crippen molar-refractivity contribution >= 4 is 11.4 Å². The first-order valence-corrected chi connectivity index (χ1v) is 7.30. The molecule has 0 saturated heterocycles. The van der Waals surface area contributed by atoms with Crippen LogP contribution in [0.1, 0.15) is 36.9 Å². The summed E-state index contributed by atoms with van der Waals surface area (Å²) in [5.41, 5.74) is 2.42. The predicted molar refractivity (Wildman–Crippen MR) is 76.9 cm³/mol. The van der Waals surface area contributed by atoms with E-state index in [1.807, 2.05) is 0 Å². The molecule has 1 aromatic carbocycles. The Labute approximate surface area is 118 Å². The van der Waals surface area contributed by atoms with Crippen LogP contribution in [0.5, 0.6) is 0 Å². The van der Waals surface area contributed by atoms with Crippen molar-refractivity contribution in [2.45, 2.75) is 31.7 Å². The molecule has 4 rings (SSSR count). The molecule has 0 bridgehead atoms. The zero-order valence-corrected chi connectivity index (χ0v) is 11.4. The highest BCUT2D eigenvalue weighted by Gasteiger charge is 2.30.